The van der Waals surface area contributed by atoms with Gasteiger partial charge in [0.15, 0.2) is 0 Å². The Balaban J connectivity index is 1.68. The first-order valence-corrected chi connectivity index (χ1v) is 6.30. The molecular weight excluding hydrogens is 214 g/mol. The molecule has 0 N–H and O–H groups in total. The van der Waals surface area contributed by atoms with Crippen LogP contribution in [0.4, 0.5) is 0 Å². The van der Waals surface area contributed by atoms with E-state index in [-0.39, 0.29) is 5.91 Å². The number of benzene rings is 1. The molecule has 2 aliphatic rings. The molecule has 2 atom stereocenters. The lowest BCUT2D eigenvalue weighted by Gasteiger charge is -2.18. The van der Waals surface area contributed by atoms with Gasteiger partial charge in [-0.2, -0.15) is 0 Å². The lowest BCUT2D eigenvalue weighted by Crippen LogP contribution is -2.30. The van der Waals surface area contributed by atoms with Gasteiger partial charge in [-0.15, -0.1) is 0 Å². The monoisotopic (exact) mass is 231 g/mol. The highest BCUT2D eigenvalue weighted by Gasteiger charge is 2.46. The first-order valence-electron chi connectivity index (χ1n) is 6.30. The highest BCUT2D eigenvalue weighted by molar-refractivity contribution is 5.94. The minimum Gasteiger partial charge on any atom is -0.494 e. The van der Waals surface area contributed by atoms with Gasteiger partial charge in [-0.25, -0.2) is 0 Å². The van der Waals surface area contributed by atoms with Crippen LogP contribution in [0.15, 0.2) is 24.3 Å². The molecule has 0 radical (unpaired) electrons. The van der Waals surface area contributed by atoms with Crippen LogP contribution >= 0.6 is 0 Å². The largest absolute Gasteiger partial charge is 0.494 e. The topological polar surface area (TPSA) is 29.5 Å². The van der Waals surface area contributed by atoms with Gasteiger partial charge in [0.2, 0.25) is 0 Å². The molecule has 1 saturated carbocycles. The maximum Gasteiger partial charge on any atom is 0.253 e. The summed E-state index contributed by atoms with van der Waals surface area (Å²) in [6, 6.07) is 7.45. The standard InChI is InChI=1S/C14H17NO2/c1-2-17-13-5-3-10(4-6-13)14(16)15-8-11-7-12(11)9-15/h3-6,11-12H,2,7-9H2,1H3. The summed E-state index contributed by atoms with van der Waals surface area (Å²) < 4.78 is 5.37. The number of rotatable bonds is 3. The van der Waals surface area contributed by atoms with E-state index in [4.69, 9.17) is 4.74 Å². The van der Waals surface area contributed by atoms with Crippen LogP contribution < -0.4 is 4.74 Å². The molecule has 1 aliphatic heterocycles. The van der Waals surface area contributed by atoms with Crippen LogP contribution in [0.3, 0.4) is 0 Å². The number of amides is 1. The Kier molecular flexibility index (Phi) is 2.54. The van der Waals surface area contributed by atoms with Crippen LogP contribution in [0.25, 0.3) is 0 Å². The third-order valence-electron chi connectivity index (χ3n) is 3.68. The second-order valence-electron chi connectivity index (χ2n) is 4.92. The van der Waals surface area contributed by atoms with Crippen LogP contribution in [-0.2, 0) is 0 Å². The highest BCUT2D eigenvalue weighted by atomic mass is 16.5. The van der Waals surface area contributed by atoms with Crippen molar-refractivity contribution in [1.29, 1.82) is 0 Å². The summed E-state index contributed by atoms with van der Waals surface area (Å²) in [5.41, 5.74) is 0.773. The number of fused-ring (bicyclic) bond motifs is 1. The summed E-state index contributed by atoms with van der Waals surface area (Å²) in [5, 5.41) is 0. The van der Waals surface area contributed by atoms with Crippen molar-refractivity contribution in [2.24, 2.45) is 11.8 Å². The van der Waals surface area contributed by atoms with Crippen molar-refractivity contribution in [2.45, 2.75) is 13.3 Å². The first kappa shape index (κ1) is 10.6. The van der Waals surface area contributed by atoms with Crippen LogP contribution in [0, 0.1) is 11.8 Å². The van der Waals surface area contributed by atoms with E-state index in [0.717, 1.165) is 36.2 Å². The van der Waals surface area contributed by atoms with Crippen LogP contribution in [0.1, 0.15) is 23.7 Å². The maximum atomic E-state index is 12.2. The van der Waals surface area contributed by atoms with Gasteiger partial charge >= 0.3 is 0 Å². The minimum absolute atomic E-state index is 0.167. The number of hydrogen-bond donors (Lipinski definition) is 0. The van der Waals surface area contributed by atoms with Crippen LogP contribution in [0.5, 0.6) is 5.75 Å². The summed E-state index contributed by atoms with van der Waals surface area (Å²) in [6.07, 6.45) is 1.33. The van der Waals surface area contributed by atoms with E-state index >= 15 is 0 Å². The highest BCUT2D eigenvalue weighted by Crippen LogP contribution is 2.45. The number of hydrogen-bond acceptors (Lipinski definition) is 2. The molecule has 3 nitrogen and oxygen atoms in total. The third kappa shape index (κ3) is 2.02. The third-order valence-corrected chi connectivity index (χ3v) is 3.68. The number of ether oxygens (including phenoxy) is 1. The van der Waals surface area contributed by atoms with Crippen LogP contribution in [0.2, 0.25) is 0 Å². The van der Waals surface area contributed by atoms with Crippen molar-refractivity contribution in [3.8, 4) is 5.75 Å². The summed E-state index contributed by atoms with van der Waals surface area (Å²) in [7, 11) is 0. The fourth-order valence-corrected chi connectivity index (χ4v) is 2.61. The molecule has 1 heterocycles. The zero-order valence-electron chi connectivity index (χ0n) is 10.1. The molecule has 2 fully saturated rings. The lowest BCUT2D eigenvalue weighted by atomic mass is 10.2. The van der Waals surface area contributed by atoms with Gasteiger partial charge in [0.25, 0.3) is 5.91 Å². The molecule has 1 amide bonds. The van der Waals surface area contributed by atoms with Gasteiger partial charge in [0, 0.05) is 18.7 Å². The average molecular weight is 231 g/mol. The molecule has 1 saturated heterocycles. The zero-order chi connectivity index (χ0) is 11.8. The van der Waals surface area contributed by atoms with Gasteiger partial charge in [-0.3, -0.25) is 4.79 Å². The van der Waals surface area contributed by atoms with Gasteiger partial charge in [-0.05, 0) is 49.4 Å². The van der Waals surface area contributed by atoms with E-state index in [1.807, 2.05) is 36.1 Å². The fourth-order valence-electron chi connectivity index (χ4n) is 2.61. The van der Waals surface area contributed by atoms with Crippen molar-refractivity contribution < 1.29 is 9.53 Å². The van der Waals surface area contributed by atoms with Gasteiger partial charge in [-0.1, -0.05) is 0 Å². The Bertz CT molecular complexity index is 416. The Labute approximate surface area is 101 Å². The molecule has 0 aromatic heterocycles. The van der Waals surface area contributed by atoms with Crippen molar-refractivity contribution in [3.63, 3.8) is 0 Å². The first-order chi connectivity index (χ1) is 8.28. The molecule has 17 heavy (non-hydrogen) atoms. The molecule has 1 aliphatic carbocycles. The van der Waals surface area contributed by atoms with Gasteiger partial charge < -0.3 is 9.64 Å². The molecule has 3 rings (SSSR count). The van der Waals surface area contributed by atoms with Gasteiger partial charge in [0.05, 0.1) is 6.61 Å². The normalized spacial score (nSPS) is 25.6. The van der Waals surface area contributed by atoms with E-state index in [1.54, 1.807) is 0 Å². The second-order valence-corrected chi connectivity index (χ2v) is 4.92. The molecule has 0 bridgehead atoms. The predicted octanol–water partition coefficient (Wildman–Crippen LogP) is 2.18. The van der Waals surface area contributed by atoms with Crippen molar-refractivity contribution in [2.75, 3.05) is 19.7 Å². The van der Waals surface area contributed by atoms with E-state index in [9.17, 15) is 4.79 Å². The maximum absolute atomic E-state index is 12.2. The van der Waals surface area contributed by atoms with E-state index in [2.05, 4.69) is 0 Å². The predicted molar refractivity (Wildman–Crippen MR) is 65.1 cm³/mol. The summed E-state index contributed by atoms with van der Waals surface area (Å²) >= 11 is 0. The average Bonchev–Trinajstić information content (AvgIpc) is 2.97. The number of carbonyl (C=O) groups is 1. The number of likely N-dealkylation sites (tertiary alicyclic amines) is 1. The smallest absolute Gasteiger partial charge is 0.253 e. The Morgan fingerprint density at radius 3 is 2.53 bits per heavy atom. The Hall–Kier alpha value is -1.51. The Morgan fingerprint density at radius 1 is 1.29 bits per heavy atom. The molecule has 1 aromatic rings. The molecule has 2 unspecified atom stereocenters. The van der Waals surface area contributed by atoms with Crippen LogP contribution in [-0.4, -0.2) is 30.5 Å². The molecular formula is C14H17NO2. The number of nitrogens with zero attached hydrogens (tertiary/aromatic N) is 1. The summed E-state index contributed by atoms with van der Waals surface area (Å²) in [5.74, 6) is 2.58. The summed E-state index contributed by atoms with van der Waals surface area (Å²) in [4.78, 5) is 14.1. The zero-order valence-corrected chi connectivity index (χ0v) is 10.1. The summed E-state index contributed by atoms with van der Waals surface area (Å²) in [6.45, 7) is 4.52. The van der Waals surface area contributed by atoms with E-state index < -0.39 is 0 Å². The number of carbonyl (C=O) groups excluding carboxylic acids is 1. The lowest BCUT2D eigenvalue weighted by molar-refractivity contribution is 0.0775. The second kappa shape index (κ2) is 4.06. The number of piperidine rings is 1. The molecule has 1 aromatic carbocycles. The molecule has 3 heteroatoms. The van der Waals surface area contributed by atoms with E-state index in [1.165, 1.54) is 6.42 Å². The quantitative estimate of drug-likeness (QED) is 0.798. The van der Waals surface area contributed by atoms with Crippen molar-refractivity contribution in [3.05, 3.63) is 29.8 Å². The van der Waals surface area contributed by atoms with Gasteiger partial charge in [0.1, 0.15) is 5.75 Å². The van der Waals surface area contributed by atoms with Crippen molar-refractivity contribution in [1.82, 2.24) is 4.90 Å². The molecule has 90 valence electrons. The van der Waals surface area contributed by atoms with Crippen molar-refractivity contribution >= 4 is 5.91 Å². The SMILES string of the molecule is CCOc1ccc(C(=O)N2CC3CC3C2)cc1. The Morgan fingerprint density at radius 2 is 1.94 bits per heavy atom. The minimum atomic E-state index is 0.167. The molecule has 0 spiro atoms. The van der Waals surface area contributed by atoms with E-state index in [0.29, 0.717) is 6.61 Å². The fraction of sp³-hybridized carbons (Fsp3) is 0.500.